The molecule has 1 aromatic rings. The van der Waals surface area contributed by atoms with Crippen LogP contribution >= 0.6 is 0 Å². The molecule has 0 spiro atoms. The smallest absolute Gasteiger partial charge is 0.0909 e. The number of nitrogens with zero attached hydrogens (tertiary/aromatic N) is 2. The number of aromatic amines is 1. The van der Waals surface area contributed by atoms with Crippen LogP contribution in [0.1, 0.15) is 64.4 Å². The van der Waals surface area contributed by atoms with Gasteiger partial charge in [-0.15, -0.1) is 6.58 Å². The first-order valence-corrected chi connectivity index (χ1v) is 11.4. The van der Waals surface area contributed by atoms with Crippen LogP contribution < -0.4 is 21.6 Å². The molecule has 0 radical (unpaired) electrons. The normalized spacial score (nSPS) is 18.1. The zero-order chi connectivity index (χ0) is 22.9. The van der Waals surface area contributed by atoms with Crippen LogP contribution in [0.2, 0.25) is 0 Å². The summed E-state index contributed by atoms with van der Waals surface area (Å²) in [4.78, 5) is 9.57. The Hall–Kier alpha value is -2.53. The average Bonchev–Trinajstić information content (AvgIpc) is 3.21. The Morgan fingerprint density at radius 3 is 2.48 bits per heavy atom. The van der Waals surface area contributed by atoms with Crippen molar-refractivity contribution in [1.29, 1.82) is 0 Å². The first kappa shape index (κ1) is 24.7. The van der Waals surface area contributed by atoms with Gasteiger partial charge in [0.15, 0.2) is 0 Å². The maximum absolute atomic E-state index is 5.18. The highest BCUT2D eigenvalue weighted by atomic mass is 15.2. The Labute approximate surface area is 188 Å². The van der Waals surface area contributed by atoms with Crippen molar-refractivity contribution in [3.05, 3.63) is 53.5 Å². The van der Waals surface area contributed by atoms with E-state index in [0.717, 1.165) is 18.5 Å². The molecule has 0 saturated heterocycles. The first-order chi connectivity index (χ1) is 14.8. The van der Waals surface area contributed by atoms with Crippen LogP contribution in [0.3, 0.4) is 0 Å². The summed E-state index contributed by atoms with van der Waals surface area (Å²) in [5.74, 6) is 0.611. The lowest BCUT2D eigenvalue weighted by molar-refractivity contribution is 0.133. The number of H-pyrrole nitrogens is 1. The van der Waals surface area contributed by atoms with Crippen LogP contribution in [0.15, 0.2) is 42.3 Å². The van der Waals surface area contributed by atoms with Gasteiger partial charge in [-0.3, -0.25) is 9.89 Å². The predicted molar refractivity (Wildman–Crippen MR) is 136 cm³/mol. The molecule has 3 rings (SSSR count). The molecule has 0 amide bonds. The lowest BCUT2D eigenvalue weighted by Gasteiger charge is -2.44. The average molecular weight is 424 g/mol. The van der Waals surface area contributed by atoms with Crippen molar-refractivity contribution in [2.75, 3.05) is 20.6 Å². The van der Waals surface area contributed by atoms with Crippen LogP contribution in [0, 0.1) is 0 Å². The van der Waals surface area contributed by atoms with Gasteiger partial charge in [-0.05, 0) is 59.2 Å². The molecular weight excluding hydrogens is 382 g/mol. The van der Waals surface area contributed by atoms with E-state index in [1.165, 1.54) is 53.8 Å². The molecule has 0 unspecified atom stereocenters. The third-order valence-corrected chi connectivity index (χ3v) is 6.27. The van der Waals surface area contributed by atoms with Gasteiger partial charge in [0.25, 0.3) is 0 Å². The number of nitrogens with two attached hydrogens (primary N) is 1. The van der Waals surface area contributed by atoms with Crippen LogP contribution in [-0.2, 0) is 0 Å². The minimum atomic E-state index is 0.0898. The molecule has 2 aliphatic carbocycles. The lowest BCUT2D eigenvalue weighted by atomic mass is 9.78. The van der Waals surface area contributed by atoms with E-state index in [0.29, 0.717) is 12.4 Å². The van der Waals surface area contributed by atoms with Gasteiger partial charge >= 0.3 is 0 Å². The van der Waals surface area contributed by atoms with Gasteiger partial charge < -0.3 is 16.0 Å². The van der Waals surface area contributed by atoms with E-state index >= 15 is 0 Å². The first-order valence-electron chi connectivity index (χ1n) is 11.4. The van der Waals surface area contributed by atoms with Gasteiger partial charge in [0.1, 0.15) is 0 Å². The molecule has 2 aliphatic rings. The Morgan fingerprint density at radius 2 is 1.90 bits per heavy atom. The Morgan fingerprint density at radius 1 is 1.23 bits per heavy atom. The topological polar surface area (TPSA) is 69.4 Å². The van der Waals surface area contributed by atoms with Crippen molar-refractivity contribution in [3.63, 3.8) is 0 Å². The van der Waals surface area contributed by atoms with Crippen LogP contribution in [-0.4, -0.2) is 41.9 Å². The second-order valence-corrected chi connectivity index (χ2v) is 8.72. The van der Waals surface area contributed by atoms with Gasteiger partial charge in [0.2, 0.25) is 0 Å². The summed E-state index contributed by atoms with van der Waals surface area (Å²) < 4.78 is 0. The summed E-state index contributed by atoms with van der Waals surface area (Å²) in [5, 5.41) is 6.15. The lowest BCUT2D eigenvalue weighted by Crippen LogP contribution is -2.50. The summed E-state index contributed by atoms with van der Waals surface area (Å²) in [7, 11) is 4.37. The van der Waals surface area contributed by atoms with Gasteiger partial charge in [0, 0.05) is 34.2 Å². The quantitative estimate of drug-likeness (QED) is 0.356. The van der Waals surface area contributed by atoms with E-state index in [1.54, 1.807) is 13.0 Å². The molecule has 0 aromatic carbocycles. The molecular formula is C26H41N5. The summed E-state index contributed by atoms with van der Waals surface area (Å²) in [6.45, 7) is 12.4. The maximum atomic E-state index is 5.18. The highest BCUT2D eigenvalue weighted by Crippen LogP contribution is 2.36. The molecule has 170 valence electrons. The van der Waals surface area contributed by atoms with E-state index in [9.17, 15) is 0 Å². The fraction of sp³-hybridized carbons (Fsp3) is 0.500. The summed E-state index contributed by atoms with van der Waals surface area (Å²) >= 11 is 0. The van der Waals surface area contributed by atoms with E-state index in [2.05, 4.69) is 78.9 Å². The number of allylic oxidation sites excluding steroid dienone is 1. The fourth-order valence-electron chi connectivity index (χ4n) is 4.39. The standard InChI is InChI=1S/C21H31N3.C5H10N2/c1-16(19-15-23-20-11-7-6-10-18(19)20)14-22-17(2)21(24(3)4)12-8-5-9-13-21;1-3-4-7-5(2)6/h10-11,14-15,22-23H,2,5-9,12-13H2,1,3-4H3;3H,1,4H2,2H3,(H2,6,7)/b16-14-;. The third-order valence-electron chi connectivity index (χ3n) is 6.27. The van der Waals surface area contributed by atoms with Gasteiger partial charge in [-0.1, -0.05) is 44.1 Å². The number of aromatic nitrogens is 1. The van der Waals surface area contributed by atoms with Crippen molar-refractivity contribution in [2.45, 2.75) is 64.3 Å². The van der Waals surface area contributed by atoms with Crippen molar-refractivity contribution in [3.8, 4) is 0 Å². The highest BCUT2D eigenvalue weighted by Gasteiger charge is 2.36. The molecule has 0 atom stereocenters. The van der Waals surface area contributed by atoms with E-state index < -0.39 is 0 Å². The Bertz CT molecular complexity index is 919. The second-order valence-electron chi connectivity index (χ2n) is 8.72. The number of aliphatic imine (C=N–C) groups is 1. The van der Waals surface area contributed by atoms with Crippen LogP contribution in [0.4, 0.5) is 0 Å². The SMILES string of the molecule is C=C(N/C=C(/C)c1c[nH]c2c1=CCCC=2)C1(N(C)C)CCCCC1.C=CCN=C(C)N. The summed E-state index contributed by atoms with van der Waals surface area (Å²) in [6, 6.07) is 0. The summed E-state index contributed by atoms with van der Waals surface area (Å²) in [5.41, 5.74) is 8.95. The molecule has 31 heavy (non-hydrogen) atoms. The van der Waals surface area contributed by atoms with Crippen molar-refractivity contribution < 1.29 is 0 Å². The number of nitrogens with one attached hydrogen (secondary N) is 2. The van der Waals surface area contributed by atoms with Gasteiger partial charge in [-0.25, -0.2) is 0 Å². The molecule has 1 aromatic heterocycles. The molecule has 5 heteroatoms. The zero-order valence-corrected chi connectivity index (χ0v) is 19.9. The Kier molecular flexibility index (Phi) is 9.38. The molecule has 4 N–H and O–H groups in total. The molecule has 5 nitrogen and oxygen atoms in total. The zero-order valence-electron chi connectivity index (χ0n) is 19.9. The van der Waals surface area contributed by atoms with E-state index in [4.69, 9.17) is 5.73 Å². The van der Waals surface area contributed by atoms with Crippen molar-refractivity contribution >= 4 is 23.6 Å². The van der Waals surface area contributed by atoms with E-state index in [1.807, 2.05) is 0 Å². The number of amidine groups is 1. The summed E-state index contributed by atoms with van der Waals surface area (Å²) in [6.07, 6.45) is 19.2. The fourth-order valence-corrected chi connectivity index (χ4v) is 4.39. The molecule has 1 heterocycles. The molecule has 1 saturated carbocycles. The molecule has 0 aliphatic heterocycles. The third kappa shape index (κ3) is 6.47. The number of hydrogen-bond acceptors (Lipinski definition) is 3. The van der Waals surface area contributed by atoms with Gasteiger partial charge in [-0.2, -0.15) is 0 Å². The minimum absolute atomic E-state index is 0.0898. The number of fused-ring (bicyclic) bond motifs is 1. The highest BCUT2D eigenvalue weighted by molar-refractivity contribution is 5.77. The minimum Gasteiger partial charge on any atom is -0.388 e. The molecule has 1 fully saturated rings. The van der Waals surface area contributed by atoms with E-state index in [-0.39, 0.29) is 5.54 Å². The number of hydrogen-bond donors (Lipinski definition) is 3. The molecule has 0 bridgehead atoms. The van der Waals surface area contributed by atoms with Crippen LogP contribution in [0.25, 0.3) is 17.7 Å². The largest absolute Gasteiger partial charge is 0.388 e. The predicted octanol–water partition coefficient (Wildman–Crippen LogP) is 3.65. The maximum Gasteiger partial charge on any atom is 0.0909 e. The van der Waals surface area contributed by atoms with Crippen LogP contribution in [0.5, 0.6) is 0 Å². The van der Waals surface area contributed by atoms with Crippen molar-refractivity contribution in [2.24, 2.45) is 10.7 Å². The van der Waals surface area contributed by atoms with Crippen molar-refractivity contribution in [1.82, 2.24) is 15.2 Å². The monoisotopic (exact) mass is 423 g/mol. The number of rotatable bonds is 7. The van der Waals surface area contributed by atoms with Gasteiger partial charge in [0.05, 0.1) is 17.9 Å². The Balaban J connectivity index is 0.000000423. The number of likely N-dealkylation sites (N-methyl/N-ethyl adjacent to an activating group) is 1. The second kappa shape index (κ2) is 11.8.